The molecule has 14 heavy (non-hydrogen) atoms. The molecule has 0 amide bonds. The SMILES string of the molecule is CCn1ncc2cc(N)ccc2c1=O. The maximum absolute atomic E-state index is 11.7. The molecule has 1 aromatic carbocycles. The maximum Gasteiger partial charge on any atom is 0.274 e. The summed E-state index contributed by atoms with van der Waals surface area (Å²) < 4.78 is 1.43. The Hall–Kier alpha value is -1.84. The molecule has 1 heterocycles. The van der Waals surface area contributed by atoms with Crippen molar-refractivity contribution in [2.45, 2.75) is 13.5 Å². The molecule has 0 unspecified atom stereocenters. The molecule has 0 spiro atoms. The van der Waals surface area contributed by atoms with E-state index in [1.165, 1.54) is 4.68 Å². The minimum Gasteiger partial charge on any atom is -0.399 e. The Morgan fingerprint density at radius 3 is 3.00 bits per heavy atom. The van der Waals surface area contributed by atoms with E-state index in [9.17, 15) is 4.79 Å². The molecule has 4 nitrogen and oxygen atoms in total. The van der Waals surface area contributed by atoms with Gasteiger partial charge in [-0.1, -0.05) is 0 Å². The summed E-state index contributed by atoms with van der Waals surface area (Å²) in [5.41, 5.74) is 6.19. The molecular formula is C10H11N3O. The van der Waals surface area contributed by atoms with Gasteiger partial charge in [-0.25, -0.2) is 4.68 Å². The van der Waals surface area contributed by atoms with E-state index < -0.39 is 0 Å². The van der Waals surface area contributed by atoms with Crippen molar-refractivity contribution in [2.75, 3.05) is 5.73 Å². The molecule has 0 radical (unpaired) electrons. The monoisotopic (exact) mass is 189 g/mol. The molecule has 2 N–H and O–H groups in total. The van der Waals surface area contributed by atoms with Crippen molar-refractivity contribution >= 4 is 16.5 Å². The van der Waals surface area contributed by atoms with Crippen LogP contribution in [0.3, 0.4) is 0 Å². The van der Waals surface area contributed by atoms with Crippen molar-refractivity contribution in [3.8, 4) is 0 Å². The third-order valence-corrected chi connectivity index (χ3v) is 2.18. The van der Waals surface area contributed by atoms with Crippen molar-refractivity contribution in [1.82, 2.24) is 9.78 Å². The molecule has 2 aromatic rings. The van der Waals surface area contributed by atoms with E-state index in [4.69, 9.17) is 5.73 Å². The van der Waals surface area contributed by atoms with Crippen LogP contribution in [0.2, 0.25) is 0 Å². The number of aryl methyl sites for hydroxylation is 1. The summed E-state index contributed by atoms with van der Waals surface area (Å²) in [7, 11) is 0. The van der Waals surface area contributed by atoms with Gasteiger partial charge in [-0.3, -0.25) is 4.79 Å². The van der Waals surface area contributed by atoms with Gasteiger partial charge in [0.1, 0.15) is 0 Å². The van der Waals surface area contributed by atoms with Gasteiger partial charge in [-0.2, -0.15) is 5.10 Å². The van der Waals surface area contributed by atoms with Gasteiger partial charge in [-0.15, -0.1) is 0 Å². The van der Waals surface area contributed by atoms with Gasteiger partial charge in [0, 0.05) is 17.6 Å². The fourth-order valence-corrected chi connectivity index (χ4v) is 1.43. The second-order valence-electron chi connectivity index (χ2n) is 3.11. The van der Waals surface area contributed by atoms with Crippen LogP contribution >= 0.6 is 0 Å². The van der Waals surface area contributed by atoms with E-state index in [0.29, 0.717) is 17.6 Å². The number of nitrogens with two attached hydrogens (primary N) is 1. The zero-order chi connectivity index (χ0) is 10.1. The molecule has 0 aliphatic carbocycles. The number of nitrogens with zero attached hydrogens (tertiary/aromatic N) is 2. The fraction of sp³-hybridized carbons (Fsp3) is 0.200. The van der Waals surface area contributed by atoms with Gasteiger partial charge in [0.2, 0.25) is 0 Å². The summed E-state index contributed by atoms with van der Waals surface area (Å²) in [5, 5.41) is 5.47. The van der Waals surface area contributed by atoms with Gasteiger partial charge in [0.15, 0.2) is 0 Å². The van der Waals surface area contributed by atoms with E-state index >= 15 is 0 Å². The van der Waals surface area contributed by atoms with Gasteiger partial charge >= 0.3 is 0 Å². The molecule has 0 saturated carbocycles. The lowest BCUT2D eigenvalue weighted by Crippen LogP contribution is -2.21. The first kappa shape index (κ1) is 8.74. The van der Waals surface area contributed by atoms with Crippen LogP contribution in [-0.2, 0) is 6.54 Å². The Balaban J connectivity index is 2.84. The average Bonchev–Trinajstić information content (AvgIpc) is 2.18. The van der Waals surface area contributed by atoms with E-state index in [1.54, 1.807) is 24.4 Å². The highest BCUT2D eigenvalue weighted by atomic mass is 16.1. The predicted octanol–water partition coefficient (Wildman–Crippen LogP) is 0.999. The molecule has 0 saturated heterocycles. The second kappa shape index (κ2) is 3.14. The van der Waals surface area contributed by atoms with Crippen LogP contribution in [0, 0.1) is 0 Å². The van der Waals surface area contributed by atoms with Gasteiger partial charge in [-0.05, 0) is 25.1 Å². The molecule has 72 valence electrons. The first-order chi connectivity index (χ1) is 6.72. The lowest BCUT2D eigenvalue weighted by atomic mass is 10.2. The number of aromatic nitrogens is 2. The fourth-order valence-electron chi connectivity index (χ4n) is 1.43. The van der Waals surface area contributed by atoms with Crippen molar-refractivity contribution in [2.24, 2.45) is 0 Å². The number of hydrogen-bond acceptors (Lipinski definition) is 3. The summed E-state index contributed by atoms with van der Waals surface area (Å²) in [6, 6.07) is 5.22. The van der Waals surface area contributed by atoms with E-state index in [1.807, 2.05) is 6.92 Å². The van der Waals surface area contributed by atoms with Crippen molar-refractivity contribution in [3.63, 3.8) is 0 Å². The van der Waals surface area contributed by atoms with Crippen LogP contribution in [0.1, 0.15) is 6.92 Å². The first-order valence-electron chi connectivity index (χ1n) is 4.47. The topological polar surface area (TPSA) is 60.9 Å². The van der Waals surface area contributed by atoms with Crippen LogP contribution in [-0.4, -0.2) is 9.78 Å². The number of rotatable bonds is 1. The number of hydrogen-bond donors (Lipinski definition) is 1. The molecule has 1 aromatic heterocycles. The van der Waals surface area contributed by atoms with E-state index in [0.717, 1.165) is 5.39 Å². The summed E-state index contributed by atoms with van der Waals surface area (Å²) in [4.78, 5) is 11.7. The minimum absolute atomic E-state index is 0.0648. The number of benzene rings is 1. The molecule has 0 fully saturated rings. The van der Waals surface area contributed by atoms with E-state index in [-0.39, 0.29) is 5.56 Å². The van der Waals surface area contributed by atoms with Crippen LogP contribution < -0.4 is 11.3 Å². The van der Waals surface area contributed by atoms with Gasteiger partial charge < -0.3 is 5.73 Å². The highest BCUT2D eigenvalue weighted by Gasteiger charge is 2.01. The van der Waals surface area contributed by atoms with Crippen LogP contribution in [0.15, 0.2) is 29.2 Å². The van der Waals surface area contributed by atoms with Gasteiger partial charge in [0.25, 0.3) is 5.56 Å². The summed E-state index contributed by atoms with van der Waals surface area (Å²) >= 11 is 0. The minimum atomic E-state index is -0.0648. The summed E-state index contributed by atoms with van der Waals surface area (Å²) in [5.74, 6) is 0. The second-order valence-corrected chi connectivity index (χ2v) is 3.11. The summed E-state index contributed by atoms with van der Waals surface area (Å²) in [6.07, 6.45) is 1.66. The molecule has 0 aliphatic heterocycles. The highest BCUT2D eigenvalue weighted by molar-refractivity contribution is 5.83. The Kier molecular flexibility index (Phi) is 1.96. The number of fused-ring (bicyclic) bond motifs is 1. The molecule has 0 atom stereocenters. The Labute approximate surface area is 81.0 Å². The molecule has 0 bridgehead atoms. The first-order valence-corrected chi connectivity index (χ1v) is 4.47. The third-order valence-electron chi connectivity index (χ3n) is 2.18. The van der Waals surface area contributed by atoms with Crippen LogP contribution in [0.4, 0.5) is 5.69 Å². The quantitative estimate of drug-likeness (QED) is 0.681. The molecule has 4 heteroatoms. The average molecular weight is 189 g/mol. The predicted molar refractivity (Wildman–Crippen MR) is 56.1 cm³/mol. The molecular weight excluding hydrogens is 178 g/mol. The Morgan fingerprint density at radius 1 is 1.50 bits per heavy atom. The zero-order valence-corrected chi connectivity index (χ0v) is 7.90. The summed E-state index contributed by atoms with van der Waals surface area (Å²) in [6.45, 7) is 2.47. The smallest absolute Gasteiger partial charge is 0.274 e. The maximum atomic E-state index is 11.7. The van der Waals surface area contributed by atoms with Crippen LogP contribution in [0.25, 0.3) is 10.8 Å². The van der Waals surface area contributed by atoms with Crippen molar-refractivity contribution in [3.05, 3.63) is 34.7 Å². The van der Waals surface area contributed by atoms with Gasteiger partial charge in [0.05, 0.1) is 11.6 Å². The zero-order valence-electron chi connectivity index (χ0n) is 7.90. The third kappa shape index (κ3) is 1.25. The van der Waals surface area contributed by atoms with Crippen LogP contribution in [0.5, 0.6) is 0 Å². The standard InChI is InChI=1S/C10H11N3O/c1-2-13-10(14)9-4-3-8(11)5-7(9)6-12-13/h3-6H,2,11H2,1H3. The Bertz CT molecular complexity index is 530. The number of anilines is 1. The van der Waals surface area contributed by atoms with Crippen molar-refractivity contribution < 1.29 is 0 Å². The highest BCUT2D eigenvalue weighted by Crippen LogP contribution is 2.12. The largest absolute Gasteiger partial charge is 0.399 e. The lowest BCUT2D eigenvalue weighted by molar-refractivity contribution is 0.623. The van der Waals surface area contributed by atoms with E-state index in [2.05, 4.69) is 5.10 Å². The lowest BCUT2D eigenvalue weighted by Gasteiger charge is -2.02. The molecule has 0 aliphatic rings. The normalized spacial score (nSPS) is 10.6. The van der Waals surface area contributed by atoms with Crippen molar-refractivity contribution in [1.29, 1.82) is 0 Å². The molecule has 2 rings (SSSR count). The Morgan fingerprint density at radius 2 is 2.29 bits per heavy atom. The number of nitrogen functional groups attached to an aromatic ring is 1.